The minimum atomic E-state index is -0.0306. The molecule has 1 saturated heterocycles. The number of nitrogens with zero attached hydrogens (tertiary/aromatic N) is 2. The van der Waals surface area contributed by atoms with Crippen molar-refractivity contribution < 1.29 is 4.79 Å². The molecule has 2 aliphatic rings. The largest absolute Gasteiger partial charge is 0.354 e. The zero-order valence-electron chi connectivity index (χ0n) is 14.3. The summed E-state index contributed by atoms with van der Waals surface area (Å²) in [7, 11) is 1.83. The molecular formula is C18H27IN4O. The van der Waals surface area contributed by atoms with Gasteiger partial charge in [0.05, 0.1) is 0 Å². The topological polar surface area (TPSA) is 56.7 Å². The number of likely N-dealkylation sites (tertiary alicyclic amines) is 1. The molecule has 0 unspecified atom stereocenters. The molecule has 3 rings (SSSR count). The maximum atomic E-state index is 12.0. The molecule has 2 N–H and O–H groups in total. The number of halogens is 1. The van der Waals surface area contributed by atoms with E-state index in [1.165, 1.54) is 25.7 Å². The first-order chi connectivity index (χ1) is 11.2. The lowest BCUT2D eigenvalue weighted by molar-refractivity contribution is 0.0954. The second-order valence-electron chi connectivity index (χ2n) is 6.62. The van der Waals surface area contributed by atoms with E-state index < -0.39 is 0 Å². The van der Waals surface area contributed by atoms with Gasteiger partial charge in [0.2, 0.25) is 0 Å². The van der Waals surface area contributed by atoms with Crippen LogP contribution in [0.5, 0.6) is 0 Å². The first-order valence-corrected chi connectivity index (χ1v) is 8.51. The fourth-order valence-corrected chi connectivity index (χ4v) is 3.58. The summed E-state index contributed by atoms with van der Waals surface area (Å²) < 4.78 is 0. The monoisotopic (exact) mass is 442 g/mol. The third kappa shape index (κ3) is 4.40. The Morgan fingerprint density at radius 3 is 2.46 bits per heavy atom. The van der Waals surface area contributed by atoms with E-state index in [0.29, 0.717) is 24.1 Å². The molecule has 132 valence electrons. The summed E-state index contributed by atoms with van der Waals surface area (Å²) in [5.41, 5.74) is 1.27. The van der Waals surface area contributed by atoms with Crippen molar-refractivity contribution >= 4 is 35.8 Å². The third-order valence-corrected chi connectivity index (χ3v) is 5.09. The van der Waals surface area contributed by atoms with E-state index >= 15 is 0 Å². The predicted octanol–water partition coefficient (Wildman–Crippen LogP) is 2.49. The molecule has 1 aliphatic carbocycles. The molecule has 1 amide bonds. The number of benzene rings is 1. The molecule has 1 heterocycles. The number of amides is 1. The van der Waals surface area contributed by atoms with Crippen molar-refractivity contribution in [2.75, 3.05) is 33.2 Å². The Morgan fingerprint density at radius 2 is 1.88 bits per heavy atom. The zero-order chi connectivity index (χ0) is 16.1. The number of nitrogens with one attached hydrogen (secondary N) is 2. The Labute approximate surface area is 161 Å². The lowest BCUT2D eigenvalue weighted by Gasteiger charge is -2.38. The first-order valence-electron chi connectivity index (χ1n) is 8.51. The Kier molecular flexibility index (Phi) is 6.89. The quantitative estimate of drug-likeness (QED) is 0.326. The highest BCUT2D eigenvalue weighted by Gasteiger charge is 2.43. The average molecular weight is 442 g/mol. The van der Waals surface area contributed by atoms with Crippen LogP contribution < -0.4 is 10.6 Å². The molecule has 1 aliphatic heterocycles. The molecule has 1 aromatic carbocycles. The normalized spacial score (nSPS) is 18.7. The van der Waals surface area contributed by atoms with Gasteiger partial charge in [-0.05, 0) is 36.8 Å². The first kappa shape index (κ1) is 19.0. The van der Waals surface area contributed by atoms with Crippen molar-refractivity contribution in [3.8, 4) is 0 Å². The third-order valence-electron chi connectivity index (χ3n) is 5.09. The SMILES string of the molecule is CN=C(NCCNC(=O)c1ccccc1)N1CCC2(CCC2)C1.I. The van der Waals surface area contributed by atoms with Gasteiger partial charge in [-0.15, -0.1) is 24.0 Å². The van der Waals surface area contributed by atoms with E-state index in [-0.39, 0.29) is 29.9 Å². The number of carbonyl (C=O) groups excluding carboxylic acids is 1. The van der Waals surface area contributed by atoms with Crippen molar-refractivity contribution in [1.29, 1.82) is 0 Å². The minimum Gasteiger partial charge on any atom is -0.354 e. The molecule has 1 saturated carbocycles. The van der Waals surface area contributed by atoms with Gasteiger partial charge in [0, 0.05) is 38.8 Å². The van der Waals surface area contributed by atoms with Gasteiger partial charge >= 0.3 is 0 Å². The fourth-order valence-electron chi connectivity index (χ4n) is 3.58. The Hall–Kier alpha value is -1.31. The van der Waals surface area contributed by atoms with Crippen LogP contribution in [0.4, 0.5) is 0 Å². The van der Waals surface area contributed by atoms with Crippen LogP contribution >= 0.6 is 24.0 Å². The number of carbonyl (C=O) groups is 1. The molecule has 0 atom stereocenters. The maximum absolute atomic E-state index is 12.0. The van der Waals surface area contributed by atoms with Gasteiger partial charge in [-0.25, -0.2) is 0 Å². The summed E-state index contributed by atoms with van der Waals surface area (Å²) in [4.78, 5) is 18.7. The molecule has 0 radical (unpaired) electrons. The summed E-state index contributed by atoms with van der Waals surface area (Å²) in [5, 5.41) is 6.30. The lowest BCUT2D eigenvalue weighted by Crippen LogP contribution is -2.44. The van der Waals surface area contributed by atoms with Gasteiger partial charge in [-0.2, -0.15) is 0 Å². The van der Waals surface area contributed by atoms with Gasteiger partial charge in [-0.1, -0.05) is 24.6 Å². The Morgan fingerprint density at radius 1 is 1.17 bits per heavy atom. The number of aliphatic imine (C=N–C) groups is 1. The van der Waals surface area contributed by atoms with Crippen LogP contribution in [0.1, 0.15) is 36.0 Å². The molecule has 2 fully saturated rings. The highest BCUT2D eigenvalue weighted by molar-refractivity contribution is 14.0. The summed E-state index contributed by atoms with van der Waals surface area (Å²) in [5.74, 6) is 0.930. The fraction of sp³-hybridized carbons (Fsp3) is 0.556. The summed E-state index contributed by atoms with van der Waals surface area (Å²) in [6, 6.07) is 9.30. The molecule has 6 heteroatoms. The Balaban J connectivity index is 0.00000208. The molecule has 24 heavy (non-hydrogen) atoms. The maximum Gasteiger partial charge on any atom is 0.251 e. The van der Waals surface area contributed by atoms with Crippen LogP contribution in [-0.2, 0) is 0 Å². The van der Waals surface area contributed by atoms with Gasteiger partial charge in [0.15, 0.2) is 5.96 Å². The van der Waals surface area contributed by atoms with E-state index in [1.54, 1.807) is 0 Å². The van der Waals surface area contributed by atoms with Crippen LogP contribution in [-0.4, -0.2) is 50.0 Å². The second-order valence-corrected chi connectivity index (χ2v) is 6.62. The van der Waals surface area contributed by atoms with Gasteiger partial charge in [0.1, 0.15) is 0 Å². The number of rotatable bonds is 4. The van der Waals surface area contributed by atoms with E-state index in [0.717, 1.165) is 19.0 Å². The van der Waals surface area contributed by atoms with Crippen LogP contribution in [0.2, 0.25) is 0 Å². The minimum absolute atomic E-state index is 0. The summed E-state index contributed by atoms with van der Waals surface area (Å²) in [6.07, 6.45) is 5.41. The van der Waals surface area contributed by atoms with Crippen LogP contribution in [0.15, 0.2) is 35.3 Å². The van der Waals surface area contributed by atoms with Crippen molar-refractivity contribution in [2.24, 2.45) is 10.4 Å². The molecule has 0 bridgehead atoms. The zero-order valence-corrected chi connectivity index (χ0v) is 16.6. The molecule has 1 spiro atoms. The molecule has 5 nitrogen and oxygen atoms in total. The Bertz CT molecular complexity index is 572. The highest BCUT2D eigenvalue weighted by atomic mass is 127. The molecule has 0 aromatic heterocycles. The van der Waals surface area contributed by atoms with Gasteiger partial charge in [0.25, 0.3) is 5.91 Å². The van der Waals surface area contributed by atoms with Crippen molar-refractivity contribution in [1.82, 2.24) is 15.5 Å². The van der Waals surface area contributed by atoms with Crippen LogP contribution in [0.3, 0.4) is 0 Å². The lowest BCUT2D eigenvalue weighted by atomic mass is 9.68. The summed E-state index contributed by atoms with van der Waals surface area (Å²) in [6.45, 7) is 3.50. The van der Waals surface area contributed by atoms with Crippen molar-refractivity contribution in [2.45, 2.75) is 25.7 Å². The number of hydrogen-bond donors (Lipinski definition) is 2. The second kappa shape index (κ2) is 8.69. The average Bonchev–Trinajstić information content (AvgIpc) is 3.01. The van der Waals surface area contributed by atoms with E-state index in [9.17, 15) is 4.79 Å². The van der Waals surface area contributed by atoms with Crippen LogP contribution in [0, 0.1) is 5.41 Å². The molecular weight excluding hydrogens is 415 g/mol. The predicted molar refractivity (Wildman–Crippen MR) is 108 cm³/mol. The number of guanidine groups is 1. The van der Waals surface area contributed by atoms with Gasteiger partial charge in [-0.3, -0.25) is 9.79 Å². The van der Waals surface area contributed by atoms with E-state index in [2.05, 4.69) is 20.5 Å². The van der Waals surface area contributed by atoms with E-state index in [4.69, 9.17) is 0 Å². The highest BCUT2D eigenvalue weighted by Crippen LogP contribution is 2.47. The van der Waals surface area contributed by atoms with Crippen molar-refractivity contribution in [3.05, 3.63) is 35.9 Å². The summed E-state index contributed by atoms with van der Waals surface area (Å²) >= 11 is 0. The van der Waals surface area contributed by atoms with Gasteiger partial charge < -0.3 is 15.5 Å². The molecule has 1 aromatic rings. The standard InChI is InChI=1S/C18H26N4O.HI/c1-19-17(22-13-10-18(14-22)8-5-9-18)21-12-11-20-16(23)15-6-3-2-4-7-15;/h2-4,6-7H,5,8-14H2,1H3,(H,19,21)(H,20,23);1H. The number of hydrogen-bond acceptors (Lipinski definition) is 2. The van der Waals surface area contributed by atoms with E-state index in [1.807, 2.05) is 37.4 Å². The van der Waals surface area contributed by atoms with Crippen LogP contribution in [0.25, 0.3) is 0 Å². The van der Waals surface area contributed by atoms with Crippen molar-refractivity contribution in [3.63, 3.8) is 0 Å². The smallest absolute Gasteiger partial charge is 0.251 e.